The molecule has 2 unspecified atom stereocenters. The number of halogens is 2. The zero-order valence-electron chi connectivity index (χ0n) is 24.6. The molecule has 0 saturated carbocycles. The second kappa shape index (κ2) is 12.2. The van der Waals surface area contributed by atoms with Crippen LogP contribution in [0.15, 0.2) is 78.4 Å². The Morgan fingerprint density at radius 1 is 1.00 bits per heavy atom. The number of nitrogens with zero attached hydrogens (tertiary/aromatic N) is 2. The molecule has 1 fully saturated rings. The summed E-state index contributed by atoms with van der Waals surface area (Å²) in [6.07, 6.45) is 1.02. The molecule has 0 spiro atoms. The third-order valence-electron chi connectivity index (χ3n) is 7.76. The summed E-state index contributed by atoms with van der Waals surface area (Å²) in [6, 6.07) is 21.8. The Kier molecular flexibility index (Phi) is 8.75. The van der Waals surface area contributed by atoms with E-state index in [1.807, 2.05) is 55.1 Å². The Balaban J connectivity index is 1.68. The first-order chi connectivity index (χ1) is 20.0. The molecule has 0 bridgehead atoms. The van der Waals surface area contributed by atoms with Gasteiger partial charge in [-0.25, -0.2) is 8.78 Å². The van der Waals surface area contributed by atoms with Crippen LogP contribution in [0.5, 0.6) is 0 Å². The van der Waals surface area contributed by atoms with E-state index in [4.69, 9.17) is 9.16 Å². The number of ketones is 1. The fraction of sp³-hybridized carbons (Fsp3) is 0.333. The Hall–Kier alpha value is -3.24. The molecular formula is C33H36F2N2O3SSi. The quantitative estimate of drug-likeness (QED) is 0.173. The molecule has 2 atom stereocenters. The summed E-state index contributed by atoms with van der Waals surface area (Å²) < 4.78 is 44.9. The van der Waals surface area contributed by atoms with E-state index in [0.717, 1.165) is 21.7 Å². The highest BCUT2D eigenvalue weighted by atomic mass is 32.1. The van der Waals surface area contributed by atoms with Crippen LogP contribution in [0.3, 0.4) is 0 Å². The molecule has 0 N–H and O–H groups in total. The number of benzene rings is 3. The van der Waals surface area contributed by atoms with E-state index in [-0.39, 0.29) is 40.0 Å². The number of carbonyl (C=O) groups is 1. The van der Waals surface area contributed by atoms with Gasteiger partial charge in [0.2, 0.25) is 5.78 Å². The number of thiazole rings is 1. The first-order valence-corrected chi connectivity index (χ1v) is 16.9. The van der Waals surface area contributed by atoms with Gasteiger partial charge in [0.25, 0.3) is 8.32 Å². The molecule has 1 aliphatic heterocycles. The van der Waals surface area contributed by atoms with Crippen molar-refractivity contribution in [3.8, 4) is 0 Å². The molecule has 220 valence electrons. The molecule has 0 radical (unpaired) electrons. The highest BCUT2D eigenvalue weighted by Gasteiger charge is 2.50. The van der Waals surface area contributed by atoms with Crippen molar-refractivity contribution in [2.45, 2.75) is 58.5 Å². The third kappa shape index (κ3) is 5.71. The molecule has 0 aliphatic carbocycles. The van der Waals surface area contributed by atoms with Crippen LogP contribution in [0.1, 0.15) is 55.4 Å². The number of aromatic nitrogens is 1. The largest absolute Gasteiger partial charge is 0.403 e. The topological polar surface area (TPSA) is 51.7 Å². The minimum absolute atomic E-state index is 0.0110. The second-order valence-electron chi connectivity index (χ2n) is 11.9. The van der Waals surface area contributed by atoms with Crippen LogP contribution < -0.4 is 15.3 Å². The maximum atomic E-state index is 16.2. The third-order valence-corrected chi connectivity index (χ3v) is 13.5. The van der Waals surface area contributed by atoms with Gasteiger partial charge in [-0.1, -0.05) is 81.4 Å². The highest BCUT2D eigenvalue weighted by molar-refractivity contribution is 7.11. The predicted molar refractivity (Wildman–Crippen MR) is 167 cm³/mol. The average molecular weight is 607 g/mol. The van der Waals surface area contributed by atoms with Gasteiger partial charge in [-0.15, -0.1) is 11.3 Å². The molecule has 9 heteroatoms. The van der Waals surface area contributed by atoms with Gasteiger partial charge < -0.3 is 14.1 Å². The monoisotopic (exact) mass is 606 g/mol. The van der Waals surface area contributed by atoms with E-state index in [2.05, 4.69) is 50.0 Å². The van der Waals surface area contributed by atoms with Gasteiger partial charge in [0.05, 0.1) is 40.5 Å². The Labute approximate surface area is 251 Å². The van der Waals surface area contributed by atoms with E-state index in [0.29, 0.717) is 18.7 Å². The van der Waals surface area contributed by atoms with Crippen molar-refractivity contribution in [3.05, 3.63) is 106 Å². The van der Waals surface area contributed by atoms with Crippen molar-refractivity contribution >= 4 is 41.5 Å². The first kappa shape index (κ1) is 30.2. The van der Waals surface area contributed by atoms with Crippen molar-refractivity contribution in [2.24, 2.45) is 0 Å². The molecule has 3 aromatic carbocycles. The predicted octanol–water partition coefficient (Wildman–Crippen LogP) is 6.34. The first-order valence-electron chi connectivity index (χ1n) is 14.1. The summed E-state index contributed by atoms with van der Waals surface area (Å²) in [6.45, 7) is 11.1. The Morgan fingerprint density at radius 2 is 1.57 bits per heavy atom. The lowest BCUT2D eigenvalue weighted by Gasteiger charge is -2.43. The molecule has 5 nitrogen and oxygen atoms in total. The standard InChI is InChI=1S/C33H36F2N2O3SSi/c1-22-18-37(19-23(2)40-22)31-24(16-27(29(34)30(31)35)32(38)28-17-36-21-41-28)20-39-42(33(3,4)5,25-12-8-6-9-13-25)26-14-10-7-11-15-26/h6-17,21-23H,18-20H2,1-5H3. The zero-order chi connectivity index (χ0) is 30.1. The molecule has 1 aliphatic rings. The van der Waals surface area contributed by atoms with E-state index < -0.39 is 25.7 Å². The molecule has 42 heavy (non-hydrogen) atoms. The van der Waals surface area contributed by atoms with Gasteiger partial charge in [0.15, 0.2) is 11.6 Å². The summed E-state index contributed by atoms with van der Waals surface area (Å²) in [5.74, 6) is -2.81. The summed E-state index contributed by atoms with van der Waals surface area (Å²) in [5.41, 5.74) is 1.72. The second-order valence-corrected chi connectivity index (χ2v) is 17.1. The number of anilines is 1. The van der Waals surface area contributed by atoms with Crippen molar-refractivity contribution in [3.63, 3.8) is 0 Å². The van der Waals surface area contributed by atoms with E-state index >= 15 is 8.78 Å². The minimum Gasteiger partial charge on any atom is -0.403 e. The highest BCUT2D eigenvalue weighted by Crippen LogP contribution is 2.39. The van der Waals surface area contributed by atoms with Gasteiger partial charge in [-0.3, -0.25) is 9.78 Å². The van der Waals surface area contributed by atoms with Crippen LogP contribution >= 0.6 is 11.3 Å². The van der Waals surface area contributed by atoms with Gasteiger partial charge in [0, 0.05) is 24.8 Å². The molecule has 4 aromatic rings. The average Bonchev–Trinajstić information content (AvgIpc) is 3.50. The summed E-state index contributed by atoms with van der Waals surface area (Å²) in [7, 11) is -3.01. The van der Waals surface area contributed by atoms with Crippen LogP contribution in [-0.4, -0.2) is 44.4 Å². The fourth-order valence-electron chi connectivity index (χ4n) is 6.05. The number of morpholine rings is 1. The number of hydrogen-bond acceptors (Lipinski definition) is 6. The van der Waals surface area contributed by atoms with Gasteiger partial charge in [0.1, 0.15) is 0 Å². The number of rotatable bonds is 8. The smallest absolute Gasteiger partial charge is 0.261 e. The molecule has 1 saturated heterocycles. The van der Waals surface area contributed by atoms with Gasteiger partial charge >= 0.3 is 0 Å². The Bertz CT molecular complexity index is 1480. The van der Waals surface area contributed by atoms with E-state index in [1.165, 1.54) is 17.8 Å². The van der Waals surface area contributed by atoms with Gasteiger partial charge in [-0.05, 0) is 35.3 Å². The van der Waals surface area contributed by atoms with Crippen LogP contribution in [0, 0.1) is 11.6 Å². The van der Waals surface area contributed by atoms with Crippen LogP contribution in [0.4, 0.5) is 14.5 Å². The molecule has 5 rings (SSSR count). The van der Waals surface area contributed by atoms with Crippen molar-refractivity contribution in [1.29, 1.82) is 0 Å². The normalized spacial score (nSPS) is 17.8. The maximum absolute atomic E-state index is 16.2. The lowest BCUT2D eigenvalue weighted by atomic mass is 10.0. The van der Waals surface area contributed by atoms with Crippen LogP contribution in [-0.2, 0) is 15.8 Å². The minimum atomic E-state index is -3.01. The lowest BCUT2D eigenvalue weighted by molar-refractivity contribution is -0.00553. The van der Waals surface area contributed by atoms with E-state index in [9.17, 15) is 4.79 Å². The van der Waals surface area contributed by atoms with E-state index in [1.54, 1.807) is 0 Å². The summed E-state index contributed by atoms with van der Waals surface area (Å²) >= 11 is 1.09. The molecule has 0 amide bonds. The number of carbonyl (C=O) groups excluding carboxylic acids is 1. The molecule has 1 aromatic heterocycles. The SMILES string of the molecule is CC1CN(c2c(CO[Si](c3ccccc3)(c3ccccc3)C(C)(C)C)cc(C(=O)c3cncs3)c(F)c2F)CC(C)O1. The molecule has 2 heterocycles. The summed E-state index contributed by atoms with van der Waals surface area (Å²) in [4.78, 5) is 19.3. The van der Waals surface area contributed by atoms with Crippen LogP contribution in [0.2, 0.25) is 5.04 Å². The van der Waals surface area contributed by atoms with Crippen LogP contribution in [0.25, 0.3) is 0 Å². The Morgan fingerprint density at radius 3 is 2.07 bits per heavy atom. The lowest BCUT2D eigenvalue weighted by Crippen LogP contribution is -2.66. The number of hydrogen-bond donors (Lipinski definition) is 0. The molecular weight excluding hydrogens is 571 g/mol. The number of ether oxygens (including phenoxy) is 1. The van der Waals surface area contributed by atoms with Gasteiger partial charge in [-0.2, -0.15) is 0 Å². The maximum Gasteiger partial charge on any atom is 0.261 e. The van der Waals surface area contributed by atoms with Crippen molar-refractivity contribution < 1.29 is 22.7 Å². The summed E-state index contributed by atoms with van der Waals surface area (Å²) in [5, 5.41) is 1.82. The zero-order valence-corrected chi connectivity index (χ0v) is 26.4. The van der Waals surface area contributed by atoms with Crippen molar-refractivity contribution in [1.82, 2.24) is 4.98 Å². The fourth-order valence-corrected chi connectivity index (χ4v) is 11.2. The van der Waals surface area contributed by atoms with Crippen molar-refractivity contribution in [2.75, 3.05) is 18.0 Å².